The van der Waals surface area contributed by atoms with E-state index in [2.05, 4.69) is 33.0 Å². The highest BCUT2D eigenvalue weighted by Gasteiger charge is 2.22. The topological polar surface area (TPSA) is 29.1 Å². The largest absolute Gasteiger partial charge is 0.349 e. The first kappa shape index (κ1) is 19.3. The fourth-order valence-corrected chi connectivity index (χ4v) is 3.17. The first-order valence-corrected chi connectivity index (χ1v) is 9.10. The molecule has 0 saturated heterocycles. The van der Waals surface area contributed by atoms with Crippen molar-refractivity contribution in [1.82, 2.24) is 5.32 Å². The molecule has 0 radical (unpaired) electrons. The summed E-state index contributed by atoms with van der Waals surface area (Å²) in [5.41, 5.74) is 2.34. The summed E-state index contributed by atoms with van der Waals surface area (Å²) in [4.78, 5) is 13.1. The second-order valence-electron chi connectivity index (χ2n) is 6.93. The van der Waals surface area contributed by atoms with Gasteiger partial charge in [0.15, 0.2) is 0 Å². The second-order valence-corrected chi connectivity index (χ2v) is 7.34. The fraction of sp³-hybridized carbons (Fsp3) is 0.318. The Hall–Kier alpha value is -2.06. The van der Waals surface area contributed by atoms with Gasteiger partial charge in [-0.25, -0.2) is 0 Å². The molecule has 0 spiro atoms. The van der Waals surface area contributed by atoms with Crippen LogP contribution in [0.4, 0.5) is 0 Å². The van der Waals surface area contributed by atoms with E-state index in [4.69, 9.17) is 11.6 Å². The smallest absolute Gasteiger partial charge is 0.252 e. The Labute approximate surface area is 155 Å². The van der Waals surface area contributed by atoms with Gasteiger partial charge in [0.25, 0.3) is 5.91 Å². The molecule has 1 amide bonds. The highest BCUT2D eigenvalue weighted by atomic mass is 35.5. The minimum Gasteiger partial charge on any atom is -0.349 e. The van der Waals surface area contributed by atoms with Crippen molar-refractivity contribution in [2.75, 3.05) is 0 Å². The Bertz CT molecular complexity index is 727. The van der Waals surface area contributed by atoms with Crippen molar-refractivity contribution >= 4 is 29.2 Å². The number of hydrogen-bond donors (Lipinski definition) is 1. The summed E-state index contributed by atoms with van der Waals surface area (Å²) in [5, 5.41) is 3.84. The van der Waals surface area contributed by atoms with Crippen LogP contribution in [-0.2, 0) is 4.79 Å². The van der Waals surface area contributed by atoms with Crippen molar-refractivity contribution in [3.05, 3.63) is 70.7 Å². The summed E-state index contributed by atoms with van der Waals surface area (Å²) in [5.74, 6) is 0.654. The second kappa shape index (κ2) is 8.87. The lowest BCUT2D eigenvalue weighted by molar-refractivity contribution is -0.116. The van der Waals surface area contributed by atoms with Gasteiger partial charge in [-0.3, -0.25) is 4.79 Å². The van der Waals surface area contributed by atoms with Gasteiger partial charge in [0.1, 0.15) is 0 Å². The van der Waals surface area contributed by atoms with Crippen molar-refractivity contribution in [3.8, 4) is 0 Å². The SMILES string of the molecule is CC(C)C(NC(=O)C(=Cc1ccccc1Cl)c1ccccc1)C(C)C. The van der Waals surface area contributed by atoms with Crippen LogP contribution < -0.4 is 5.32 Å². The fourth-order valence-electron chi connectivity index (χ4n) is 2.98. The molecule has 2 rings (SSSR count). The molecule has 3 heteroatoms. The third-order valence-electron chi connectivity index (χ3n) is 4.27. The van der Waals surface area contributed by atoms with Crippen LogP contribution in [0.15, 0.2) is 54.6 Å². The lowest BCUT2D eigenvalue weighted by Gasteiger charge is -2.26. The van der Waals surface area contributed by atoms with Crippen molar-refractivity contribution in [2.24, 2.45) is 11.8 Å². The van der Waals surface area contributed by atoms with Crippen molar-refractivity contribution in [3.63, 3.8) is 0 Å². The summed E-state index contributed by atoms with van der Waals surface area (Å²) in [6, 6.07) is 17.4. The summed E-state index contributed by atoms with van der Waals surface area (Å²) in [7, 11) is 0. The van der Waals surface area contributed by atoms with Crippen LogP contribution in [0.3, 0.4) is 0 Å². The van der Waals surface area contributed by atoms with E-state index < -0.39 is 0 Å². The average molecular weight is 356 g/mol. The number of nitrogens with one attached hydrogen (secondary N) is 1. The van der Waals surface area contributed by atoms with Gasteiger partial charge in [0.2, 0.25) is 0 Å². The number of carbonyl (C=O) groups is 1. The Balaban J connectivity index is 2.42. The summed E-state index contributed by atoms with van der Waals surface area (Å²) < 4.78 is 0. The van der Waals surface area contributed by atoms with E-state index in [9.17, 15) is 4.79 Å². The molecule has 0 bridgehead atoms. The van der Waals surface area contributed by atoms with Gasteiger partial charge in [0, 0.05) is 16.6 Å². The molecule has 0 aliphatic carbocycles. The van der Waals surface area contributed by atoms with E-state index in [1.54, 1.807) is 0 Å². The average Bonchev–Trinajstić information content (AvgIpc) is 2.59. The van der Waals surface area contributed by atoms with Crippen LogP contribution >= 0.6 is 11.6 Å². The molecule has 2 aromatic rings. The Morgan fingerprint density at radius 3 is 2.04 bits per heavy atom. The predicted octanol–water partition coefficient (Wildman–Crippen LogP) is 5.68. The van der Waals surface area contributed by atoms with Gasteiger partial charge in [-0.15, -0.1) is 0 Å². The van der Waals surface area contributed by atoms with E-state index in [0.717, 1.165) is 11.1 Å². The maximum Gasteiger partial charge on any atom is 0.252 e. The molecule has 2 nitrogen and oxygen atoms in total. The molecule has 0 unspecified atom stereocenters. The van der Waals surface area contributed by atoms with Crippen LogP contribution in [0.1, 0.15) is 38.8 Å². The zero-order valence-electron chi connectivity index (χ0n) is 15.3. The van der Waals surface area contributed by atoms with Gasteiger partial charge < -0.3 is 5.32 Å². The molecule has 0 aliphatic heterocycles. The molecule has 0 fully saturated rings. The third-order valence-corrected chi connectivity index (χ3v) is 4.61. The van der Waals surface area contributed by atoms with E-state index in [-0.39, 0.29) is 11.9 Å². The Morgan fingerprint density at radius 1 is 0.920 bits per heavy atom. The van der Waals surface area contributed by atoms with Crippen LogP contribution in [-0.4, -0.2) is 11.9 Å². The van der Waals surface area contributed by atoms with Crippen LogP contribution in [0.2, 0.25) is 5.02 Å². The quantitative estimate of drug-likeness (QED) is 0.524. The van der Waals surface area contributed by atoms with Crippen molar-refractivity contribution in [1.29, 1.82) is 0 Å². The van der Waals surface area contributed by atoms with Gasteiger partial charge in [0.05, 0.1) is 0 Å². The minimum atomic E-state index is -0.0708. The van der Waals surface area contributed by atoms with Crippen molar-refractivity contribution < 1.29 is 4.79 Å². The lowest BCUT2D eigenvalue weighted by atomic mass is 9.92. The molecule has 2 aromatic carbocycles. The summed E-state index contributed by atoms with van der Waals surface area (Å²) in [6.07, 6.45) is 1.87. The number of hydrogen-bond acceptors (Lipinski definition) is 1. The molecule has 0 saturated carbocycles. The van der Waals surface area contributed by atoms with Gasteiger partial charge >= 0.3 is 0 Å². The molecular weight excluding hydrogens is 330 g/mol. The zero-order chi connectivity index (χ0) is 18.4. The monoisotopic (exact) mass is 355 g/mol. The van der Waals surface area contributed by atoms with Gasteiger partial charge in [-0.2, -0.15) is 0 Å². The number of benzene rings is 2. The first-order chi connectivity index (χ1) is 11.9. The highest BCUT2D eigenvalue weighted by Crippen LogP contribution is 2.24. The molecule has 0 atom stereocenters. The standard InChI is InChI=1S/C22H26ClNO/c1-15(2)21(16(3)4)24-22(25)19(17-10-6-5-7-11-17)14-18-12-8-9-13-20(18)23/h5-16,21H,1-4H3,(H,24,25). The van der Waals surface area contributed by atoms with E-state index in [1.807, 2.05) is 60.7 Å². The number of carbonyl (C=O) groups excluding carboxylic acids is 1. The van der Waals surface area contributed by atoms with Gasteiger partial charge in [-0.05, 0) is 35.1 Å². The first-order valence-electron chi connectivity index (χ1n) is 8.72. The molecular formula is C22H26ClNO. The maximum absolute atomic E-state index is 13.1. The molecule has 0 heterocycles. The van der Waals surface area contributed by atoms with E-state index >= 15 is 0 Å². The van der Waals surface area contributed by atoms with Crippen LogP contribution in [0, 0.1) is 11.8 Å². The highest BCUT2D eigenvalue weighted by molar-refractivity contribution is 6.33. The summed E-state index contributed by atoms with van der Waals surface area (Å²) >= 11 is 6.29. The normalized spacial score (nSPS) is 12.1. The lowest BCUT2D eigenvalue weighted by Crippen LogP contribution is -2.42. The molecule has 1 N–H and O–H groups in total. The van der Waals surface area contributed by atoms with E-state index in [0.29, 0.717) is 22.4 Å². The zero-order valence-corrected chi connectivity index (χ0v) is 16.0. The van der Waals surface area contributed by atoms with Gasteiger partial charge in [-0.1, -0.05) is 87.8 Å². The predicted molar refractivity (Wildman–Crippen MR) is 107 cm³/mol. The maximum atomic E-state index is 13.1. The minimum absolute atomic E-state index is 0.0708. The van der Waals surface area contributed by atoms with Crippen LogP contribution in [0.25, 0.3) is 11.6 Å². The molecule has 25 heavy (non-hydrogen) atoms. The number of amides is 1. The van der Waals surface area contributed by atoms with Crippen LogP contribution in [0.5, 0.6) is 0 Å². The Kier molecular flexibility index (Phi) is 6.83. The molecule has 0 aromatic heterocycles. The third kappa shape index (κ3) is 5.20. The summed E-state index contributed by atoms with van der Waals surface area (Å²) in [6.45, 7) is 8.52. The molecule has 132 valence electrons. The Morgan fingerprint density at radius 2 is 1.48 bits per heavy atom. The number of rotatable bonds is 6. The molecule has 0 aliphatic rings. The van der Waals surface area contributed by atoms with Crippen molar-refractivity contribution in [2.45, 2.75) is 33.7 Å². The van der Waals surface area contributed by atoms with E-state index in [1.165, 1.54) is 0 Å². The number of halogens is 1.